The van der Waals surface area contributed by atoms with E-state index in [1.165, 1.54) is 12.3 Å². The van der Waals surface area contributed by atoms with Gasteiger partial charge in [0.15, 0.2) is 5.69 Å². The molecule has 2 heterocycles. The van der Waals surface area contributed by atoms with E-state index in [0.717, 1.165) is 0 Å². The topological polar surface area (TPSA) is 98.7 Å². The third-order valence-electron chi connectivity index (χ3n) is 2.20. The Labute approximate surface area is 108 Å². The van der Waals surface area contributed by atoms with Crippen molar-refractivity contribution in [2.75, 3.05) is 11.1 Å². The van der Waals surface area contributed by atoms with Gasteiger partial charge in [-0.25, -0.2) is 9.97 Å². The van der Waals surface area contributed by atoms with Gasteiger partial charge in [0, 0.05) is 18.9 Å². The Bertz CT molecular complexity index is 581. The Morgan fingerprint density at radius 1 is 1.61 bits per heavy atom. The molecule has 8 heteroatoms. The Kier molecular flexibility index (Phi) is 3.42. The van der Waals surface area contributed by atoms with Crippen LogP contribution in [0.5, 0.6) is 0 Å². The predicted octanol–water partition coefficient (Wildman–Crippen LogP) is 1.18. The van der Waals surface area contributed by atoms with E-state index in [-0.39, 0.29) is 11.0 Å². The number of carbonyl (C=O) groups is 1. The second kappa shape index (κ2) is 5.01. The summed E-state index contributed by atoms with van der Waals surface area (Å²) < 4.78 is 1.58. The molecule has 0 aromatic carbocycles. The molecule has 0 aliphatic rings. The van der Waals surface area contributed by atoms with Crippen LogP contribution in [-0.4, -0.2) is 25.7 Å². The summed E-state index contributed by atoms with van der Waals surface area (Å²) in [6, 6.07) is 1.52. The number of nitrogens with zero attached hydrogens (tertiary/aromatic N) is 4. The Balaban J connectivity index is 2.19. The predicted molar refractivity (Wildman–Crippen MR) is 67.3 cm³/mol. The van der Waals surface area contributed by atoms with Gasteiger partial charge in [0.05, 0.1) is 5.69 Å². The molecule has 0 aliphatic heterocycles. The number of aromatic nitrogens is 4. The molecule has 3 N–H and O–H groups in total. The lowest BCUT2D eigenvalue weighted by atomic mass is 10.3. The third kappa shape index (κ3) is 2.57. The molecule has 2 aromatic rings. The summed E-state index contributed by atoms with van der Waals surface area (Å²) >= 11 is 5.61. The van der Waals surface area contributed by atoms with Gasteiger partial charge < -0.3 is 11.1 Å². The quantitative estimate of drug-likeness (QED) is 0.813. The average Bonchev–Trinajstić information content (AvgIpc) is 2.70. The number of hydrogen-bond donors (Lipinski definition) is 2. The number of anilines is 2. The van der Waals surface area contributed by atoms with Crippen molar-refractivity contribution >= 4 is 29.0 Å². The molecule has 0 radical (unpaired) electrons. The fourth-order valence-electron chi connectivity index (χ4n) is 1.36. The number of aryl methyl sites for hydroxylation is 1. The Hall–Kier alpha value is -2.15. The fourth-order valence-corrected chi connectivity index (χ4v) is 1.50. The number of nitrogens with one attached hydrogen (secondary N) is 1. The lowest BCUT2D eigenvalue weighted by molar-refractivity contribution is 0.102. The molecule has 2 rings (SSSR count). The van der Waals surface area contributed by atoms with Crippen molar-refractivity contribution in [2.45, 2.75) is 13.5 Å². The van der Waals surface area contributed by atoms with E-state index < -0.39 is 5.91 Å². The highest BCUT2D eigenvalue weighted by Gasteiger charge is 2.15. The first kappa shape index (κ1) is 12.3. The van der Waals surface area contributed by atoms with Crippen LogP contribution in [0.15, 0.2) is 18.5 Å². The van der Waals surface area contributed by atoms with Crippen LogP contribution in [0, 0.1) is 0 Å². The number of carbonyl (C=O) groups excluding carboxylic acids is 1. The van der Waals surface area contributed by atoms with Gasteiger partial charge in [-0.15, -0.1) is 0 Å². The van der Waals surface area contributed by atoms with Crippen molar-refractivity contribution in [3.63, 3.8) is 0 Å². The molecule has 7 nitrogen and oxygen atoms in total. The Morgan fingerprint density at radius 3 is 3.00 bits per heavy atom. The third-order valence-corrected chi connectivity index (χ3v) is 2.38. The van der Waals surface area contributed by atoms with E-state index in [1.54, 1.807) is 10.9 Å². The Morgan fingerprint density at radius 2 is 2.39 bits per heavy atom. The van der Waals surface area contributed by atoms with Crippen molar-refractivity contribution in [3.8, 4) is 0 Å². The van der Waals surface area contributed by atoms with Gasteiger partial charge in [-0.1, -0.05) is 0 Å². The lowest BCUT2D eigenvalue weighted by Gasteiger charge is -2.02. The maximum absolute atomic E-state index is 11.9. The zero-order valence-electron chi connectivity index (χ0n) is 9.59. The van der Waals surface area contributed by atoms with Crippen molar-refractivity contribution < 1.29 is 4.79 Å². The zero-order chi connectivity index (χ0) is 13.1. The van der Waals surface area contributed by atoms with E-state index in [1.807, 2.05) is 6.92 Å². The van der Waals surface area contributed by atoms with Gasteiger partial charge in [0.2, 0.25) is 5.28 Å². The first-order valence-electron chi connectivity index (χ1n) is 5.23. The average molecular weight is 267 g/mol. The second-order valence-corrected chi connectivity index (χ2v) is 3.79. The van der Waals surface area contributed by atoms with Crippen molar-refractivity contribution in [1.82, 2.24) is 19.7 Å². The molecule has 0 unspecified atom stereocenters. The van der Waals surface area contributed by atoms with Crippen molar-refractivity contribution in [3.05, 3.63) is 29.4 Å². The first-order chi connectivity index (χ1) is 8.60. The summed E-state index contributed by atoms with van der Waals surface area (Å²) in [6.45, 7) is 2.54. The standard InChI is InChI=1S/C10H11ClN6O/c1-2-17-5-6(12)8(16-17)9(18)14-7-3-4-13-10(11)15-7/h3-5H,2,12H2,1H3,(H,13,14,15,18). The summed E-state index contributed by atoms with van der Waals surface area (Å²) in [5, 5.41) is 6.65. The minimum Gasteiger partial charge on any atom is -0.396 e. The molecule has 18 heavy (non-hydrogen) atoms. The van der Waals surface area contributed by atoms with Crippen LogP contribution in [0.2, 0.25) is 5.28 Å². The number of nitrogen functional groups attached to an aromatic ring is 1. The van der Waals surface area contributed by atoms with Crippen LogP contribution in [0.3, 0.4) is 0 Å². The maximum atomic E-state index is 11.9. The number of amides is 1. The smallest absolute Gasteiger partial charge is 0.279 e. The normalized spacial score (nSPS) is 10.3. The molecule has 0 saturated heterocycles. The number of hydrogen-bond acceptors (Lipinski definition) is 5. The maximum Gasteiger partial charge on any atom is 0.279 e. The molecular weight excluding hydrogens is 256 g/mol. The largest absolute Gasteiger partial charge is 0.396 e. The highest BCUT2D eigenvalue weighted by Crippen LogP contribution is 2.12. The second-order valence-electron chi connectivity index (χ2n) is 3.45. The van der Waals surface area contributed by atoms with Crippen LogP contribution in [0.25, 0.3) is 0 Å². The molecule has 0 saturated carbocycles. The van der Waals surface area contributed by atoms with E-state index in [0.29, 0.717) is 18.1 Å². The van der Waals surface area contributed by atoms with Crippen LogP contribution in [0.4, 0.5) is 11.5 Å². The van der Waals surface area contributed by atoms with Gasteiger partial charge in [-0.3, -0.25) is 9.48 Å². The first-order valence-corrected chi connectivity index (χ1v) is 5.60. The van der Waals surface area contributed by atoms with E-state index in [2.05, 4.69) is 20.4 Å². The summed E-state index contributed by atoms with van der Waals surface area (Å²) in [5.41, 5.74) is 6.17. The SMILES string of the molecule is CCn1cc(N)c(C(=O)Nc2ccnc(Cl)n2)n1. The van der Waals surface area contributed by atoms with E-state index in [9.17, 15) is 4.79 Å². The van der Waals surface area contributed by atoms with E-state index >= 15 is 0 Å². The van der Waals surface area contributed by atoms with Gasteiger partial charge in [0.1, 0.15) is 5.82 Å². The molecule has 1 amide bonds. The highest BCUT2D eigenvalue weighted by molar-refractivity contribution is 6.28. The lowest BCUT2D eigenvalue weighted by Crippen LogP contribution is -2.15. The molecule has 0 atom stereocenters. The van der Waals surface area contributed by atoms with Gasteiger partial charge in [-0.2, -0.15) is 5.10 Å². The minimum absolute atomic E-state index is 0.0554. The molecule has 94 valence electrons. The summed E-state index contributed by atoms with van der Waals surface area (Å²) in [4.78, 5) is 19.5. The van der Waals surface area contributed by atoms with Crippen LogP contribution in [0.1, 0.15) is 17.4 Å². The summed E-state index contributed by atoms with van der Waals surface area (Å²) in [5.74, 6) is -0.139. The zero-order valence-corrected chi connectivity index (χ0v) is 10.3. The van der Waals surface area contributed by atoms with Crippen molar-refractivity contribution in [2.24, 2.45) is 0 Å². The van der Waals surface area contributed by atoms with Crippen LogP contribution in [-0.2, 0) is 6.54 Å². The minimum atomic E-state index is -0.436. The number of halogens is 1. The number of rotatable bonds is 3. The van der Waals surface area contributed by atoms with E-state index in [4.69, 9.17) is 17.3 Å². The number of nitrogens with two attached hydrogens (primary N) is 1. The monoisotopic (exact) mass is 266 g/mol. The van der Waals surface area contributed by atoms with Gasteiger partial charge >= 0.3 is 0 Å². The summed E-state index contributed by atoms with van der Waals surface area (Å²) in [7, 11) is 0. The molecule has 0 spiro atoms. The summed E-state index contributed by atoms with van der Waals surface area (Å²) in [6.07, 6.45) is 3.04. The van der Waals surface area contributed by atoms with Gasteiger partial charge in [-0.05, 0) is 24.6 Å². The molecule has 2 aromatic heterocycles. The van der Waals surface area contributed by atoms with Crippen LogP contribution < -0.4 is 11.1 Å². The molecular formula is C10H11ClN6O. The molecule has 0 bridgehead atoms. The van der Waals surface area contributed by atoms with Gasteiger partial charge in [0.25, 0.3) is 5.91 Å². The molecule has 0 fully saturated rings. The highest BCUT2D eigenvalue weighted by atomic mass is 35.5. The van der Waals surface area contributed by atoms with Crippen molar-refractivity contribution in [1.29, 1.82) is 0 Å². The van der Waals surface area contributed by atoms with Crippen LogP contribution >= 0.6 is 11.6 Å². The molecule has 0 aliphatic carbocycles. The fraction of sp³-hybridized carbons (Fsp3) is 0.200.